The summed E-state index contributed by atoms with van der Waals surface area (Å²) in [5, 5.41) is 0. The number of carbonyl (C=O) groups is 1. The molecule has 8 heteroatoms. The molecule has 2 aromatic carbocycles. The van der Waals surface area contributed by atoms with Gasteiger partial charge >= 0.3 is 0 Å². The Labute approximate surface area is 119 Å². The Morgan fingerprint density at radius 2 is 1.48 bits per heavy atom. The Bertz CT molecular complexity index is 744. The van der Waals surface area contributed by atoms with Crippen molar-refractivity contribution >= 4 is 15.9 Å². The molecule has 0 aromatic heterocycles. The monoisotopic (exact) mass is 312 g/mol. The molecule has 0 unspecified atom stereocenters. The van der Waals surface area contributed by atoms with Crippen molar-refractivity contribution in [1.29, 1.82) is 0 Å². The quantitative estimate of drug-likeness (QED) is 0.842. The molecule has 0 heterocycles. The molecule has 0 fully saturated rings. The van der Waals surface area contributed by atoms with Gasteiger partial charge in [-0.3, -0.25) is 10.2 Å². The summed E-state index contributed by atoms with van der Waals surface area (Å²) in [6, 6.07) is 10.4. The number of hydrazine groups is 1. The van der Waals surface area contributed by atoms with Gasteiger partial charge in [-0.15, -0.1) is 4.83 Å². The summed E-state index contributed by atoms with van der Waals surface area (Å²) in [4.78, 5) is 12.2. The van der Waals surface area contributed by atoms with Crippen LogP contribution in [-0.2, 0) is 10.0 Å². The van der Waals surface area contributed by atoms with E-state index in [-0.39, 0.29) is 5.56 Å². The van der Waals surface area contributed by atoms with Gasteiger partial charge in [-0.25, -0.2) is 17.2 Å². The number of amides is 1. The molecule has 0 radical (unpaired) electrons. The molecule has 0 aliphatic carbocycles. The molecule has 1 amide bonds. The summed E-state index contributed by atoms with van der Waals surface area (Å²) >= 11 is 0. The predicted octanol–water partition coefficient (Wildman–Crippen LogP) is 1.59. The lowest BCUT2D eigenvalue weighted by Crippen LogP contribution is -2.42. The number of halogens is 2. The molecule has 5 nitrogen and oxygen atoms in total. The number of hydrogen-bond donors (Lipinski definition) is 2. The van der Waals surface area contributed by atoms with E-state index < -0.39 is 32.5 Å². The minimum Gasteiger partial charge on any atom is -0.273 e. The lowest BCUT2D eigenvalue weighted by atomic mass is 10.2. The fourth-order valence-electron chi connectivity index (χ4n) is 1.57. The first-order chi connectivity index (χ1) is 9.92. The number of hydrogen-bond acceptors (Lipinski definition) is 3. The van der Waals surface area contributed by atoms with Gasteiger partial charge in [0.05, 0.1) is 0 Å². The number of nitrogens with one attached hydrogen (secondary N) is 2. The second-order valence-corrected chi connectivity index (χ2v) is 5.60. The van der Waals surface area contributed by atoms with Gasteiger partial charge in [0.15, 0.2) is 4.90 Å². The number of rotatable bonds is 4. The molecule has 0 saturated heterocycles. The first-order valence-corrected chi connectivity index (χ1v) is 7.21. The van der Waals surface area contributed by atoms with Crippen LogP contribution in [0.15, 0.2) is 53.4 Å². The van der Waals surface area contributed by atoms with Crippen LogP contribution in [0.5, 0.6) is 0 Å². The third-order valence-corrected chi connectivity index (χ3v) is 3.82. The second kappa shape index (κ2) is 5.98. The third kappa shape index (κ3) is 3.41. The van der Waals surface area contributed by atoms with Gasteiger partial charge in [-0.05, 0) is 24.3 Å². The van der Waals surface area contributed by atoms with E-state index in [2.05, 4.69) is 0 Å². The molecule has 2 N–H and O–H groups in total. The lowest BCUT2D eigenvalue weighted by Gasteiger charge is -2.09. The number of sulfonamides is 1. The molecule has 0 bridgehead atoms. The molecule has 0 aliphatic rings. The minimum absolute atomic E-state index is 0.189. The summed E-state index contributed by atoms with van der Waals surface area (Å²) in [5.74, 6) is -3.26. The van der Waals surface area contributed by atoms with E-state index in [4.69, 9.17) is 0 Å². The Morgan fingerprint density at radius 1 is 0.905 bits per heavy atom. The largest absolute Gasteiger partial charge is 0.273 e. The maximum absolute atomic E-state index is 13.4. The zero-order valence-electron chi connectivity index (χ0n) is 10.5. The van der Waals surface area contributed by atoms with E-state index in [9.17, 15) is 22.0 Å². The molecule has 2 aromatic rings. The average molecular weight is 312 g/mol. The zero-order valence-corrected chi connectivity index (χ0v) is 11.3. The standard InChI is InChI=1S/C13H10F2N2O3S/c14-10-7-4-8-11(15)12(10)21(19,20)17-16-13(18)9-5-2-1-3-6-9/h1-8,17H,(H,16,18). The normalized spacial score (nSPS) is 11.1. The van der Waals surface area contributed by atoms with Crippen molar-refractivity contribution in [3.63, 3.8) is 0 Å². The fourth-order valence-corrected chi connectivity index (χ4v) is 2.54. The number of benzene rings is 2. The maximum Gasteiger partial charge on any atom is 0.266 e. The van der Waals surface area contributed by atoms with Crippen LogP contribution in [0.1, 0.15) is 10.4 Å². The van der Waals surface area contributed by atoms with Crippen molar-refractivity contribution in [2.75, 3.05) is 0 Å². The smallest absolute Gasteiger partial charge is 0.266 e. The fraction of sp³-hybridized carbons (Fsp3) is 0. The predicted molar refractivity (Wildman–Crippen MR) is 70.6 cm³/mol. The van der Waals surface area contributed by atoms with Gasteiger partial charge in [0, 0.05) is 5.56 Å². The van der Waals surface area contributed by atoms with E-state index in [1.165, 1.54) is 12.1 Å². The number of carbonyl (C=O) groups excluding carboxylic acids is 1. The van der Waals surface area contributed by atoms with Gasteiger partial charge in [0.2, 0.25) is 0 Å². The summed E-state index contributed by atoms with van der Waals surface area (Å²) in [6.07, 6.45) is 0. The van der Waals surface area contributed by atoms with Crippen LogP contribution in [0.3, 0.4) is 0 Å². The van der Waals surface area contributed by atoms with Gasteiger partial charge in [0.1, 0.15) is 11.6 Å². The summed E-state index contributed by atoms with van der Waals surface area (Å²) in [7, 11) is -4.56. The molecule has 2 rings (SSSR count). The molecular formula is C13H10F2N2O3S. The van der Waals surface area contributed by atoms with E-state index in [0.29, 0.717) is 0 Å². The molecular weight excluding hydrogens is 302 g/mol. The molecule has 0 saturated carbocycles. The first kappa shape index (κ1) is 15.1. The average Bonchev–Trinajstić information content (AvgIpc) is 2.45. The topological polar surface area (TPSA) is 75.3 Å². The van der Waals surface area contributed by atoms with Crippen molar-refractivity contribution in [1.82, 2.24) is 10.3 Å². The third-order valence-electron chi connectivity index (χ3n) is 2.52. The molecule has 0 spiro atoms. The van der Waals surface area contributed by atoms with Crippen molar-refractivity contribution in [3.8, 4) is 0 Å². The van der Waals surface area contributed by atoms with Crippen molar-refractivity contribution in [2.45, 2.75) is 4.90 Å². The van der Waals surface area contributed by atoms with Gasteiger partial charge in [0.25, 0.3) is 15.9 Å². The van der Waals surface area contributed by atoms with Gasteiger partial charge < -0.3 is 0 Å². The lowest BCUT2D eigenvalue weighted by molar-refractivity contribution is 0.0945. The Morgan fingerprint density at radius 3 is 2.05 bits per heavy atom. The second-order valence-electron chi connectivity index (χ2n) is 3.98. The highest BCUT2D eigenvalue weighted by Crippen LogP contribution is 2.17. The summed E-state index contributed by atoms with van der Waals surface area (Å²) in [6.45, 7) is 0. The molecule has 21 heavy (non-hydrogen) atoms. The van der Waals surface area contributed by atoms with Crippen LogP contribution >= 0.6 is 0 Å². The van der Waals surface area contributed by atoms with E-state index in [0.717, 1.165) is 18.2 Å². The highest BCUT2D eigenvalue weighted by Gasteiger charge is 2.24. The van der Waals surface area contributed by atoms with Crippen LogP contribution in [0.2, 0.25) is 0 Å². The van der Waals surface area contributed by atoms with E-state index in [1.54, 1.807) is 23.0 Å². The van der Waals surface area contributed by atoms with Crippen LogP contribution in [0, 0.1) is 11.6 Å². The summed E-state index contributed by atoms with van der Waals surface area (Å²) in [5.41, 5.74) is 2.07. The van der Waals surface area contributed by atoms with Crippen LogP contribution in [0.4, 0.5) is 8.78 Å². The maximum atomic E-state index is 13.4. The van der Waals surface area contributed by atoms with Gasteiger partial charge in [-0.2, -0.15) is 0 Å². The van der Waals surface area contributed by atoms with Crippen molar-refractivity contribution in [2.24, 2.45) is 0 Å². The van der Waals surface area contributed by atoms with E-state index in [1.807, 2.05) is 5.43 Å². The Balaban J connectivity index is 2.18. The first-order valence-electron chi connectivity index (χ1n) is 5.73. The SMILES string of the molecule is O=C(NNS(=O)(=O)c1c(F)cccc1F)c1ccccc1. The molecule has 0 atom stereocenters. The van der Waals surface area contributed by atoms with Crippen molar-refractivity contribution < 1.29 is 22.0 Å². The molecule has 110 valence electrons. The van der Waals surface area contributed by atoms with Crippen LogP contribution in [-0.4, -0.2) is 14.3 Å². The van der Waals surface area contributed by atoms with Gasteiger partial charge in [-0.1, -0.05) is 24.3 Å². The van der Waals surface area contributed by atoms with Crippen LogP contribution in [0.25, 0.3) is 0 Å². The highest BCUT2D eigenvalue weighted by atomic mass is 32.2. The van der Waals surface area contributed by atoms with Crippen LogP contribution < -0.4 is 10.3 Å². The van der Waals surface area contributed by atoms with E-state index >= 15 is 0 Å². The zero-order chi connectivity index (χ0) is 15.5. The summed E-state index contributed by atoms with van der Waals surface area (Å²) < 4.78 is 50.5. The Kier molecular flexibility index (Phi) is 4.29. The minimum atomic E-state index is -4.56. The Hall–Kier alpha value is -2.32. The highest BCUT2D eigenvalue weighted by molar-refractivity contribution is 7.89. The van der Waals surface area contributed by atoms with Crippen molar-refractivity contribution in [3.05, 3.63) is 65.7 Å². The molecule has 0 aliphatic heterocycles.